The fraction of sp³-hybridized carbons (Fsp3) is 0.727. The van der Waals surface area contributed by atoms with Crippen molar-refractivity contribution in [1.82, 2.24) is 0 Å². The zero-order valence-corrected chi connectivity index (χ0v) is 8.88. The van der Waals surface area contributed by atoms with Gasteiger partial charge in [-0.3, -0.25) is 4.79 Å². The maximum absolute atomic E-state index is 12.7. The molecule has 1 aliphatic carbocycles. The normalized spacial score (nSPS) is 23.9. The number of rotatable bonds is 5. The van der Waals surface area contributed by atoms with Gasteiger partial charge in [0.1, 0.15) is 0 Å². The first-order chi connectivity index (χ1) is 6.91. The Morgan fingerprint density at radius 3 is 2.47 bits per heavy atom. The molecule has 0 bridgehead atoms. The number of carbonyl (C=O) groups is 1. The molecule has 2 nitrogen and oxygen atoms in total. The van der Waals surface area contributed by atoms with E-state index in [1.54, 1.807) is 6.08 Å². The lowest BCUT2D eigenvalue weighted by molar-refractivity contribution is -0.147. The minimum absolute atomic E-state index is 0.0800. The third-order valence-corrected chi connectivity index (χ3v) is 3.19. The Balaban J connectivity index is 2.68. The second-order valence-electron chi connectivity index (χ2n) is 4.26. The van der Waals surface area contributed by atoms with Gasteiger partial charge < -0.3 is 5.73 Å². The molecule has 1 fully saturated rings. The molecule has 1 rings (SSSR count). The molecule has 4 heteroatoms. The lowest BCUT2D eigenvalue weighted by Gasteiger charge is -2.41. The lowest BCUT2D eigenvalue weighted by Crippen LogP contribution is -2.46. The van der Waals surface area contributed by atoms with E-state index < -0.39 is 17.7 Å². The molecule has 2 atom stereocenters. The van der Waals surface area contributed by atoms with Crippen molar-refractivity contribution >= 4 is 5.91 Å². The summed E-state index contributed by atoms with van der Waals surface area (Å²) in [7, 11) is 0. The lowest BCUT2D eigenvalue weighted by atomic mass is 9.67. The molecular weight excluding hydrogens is 200 g/mol. The highest BCUT2D eigenvalue weighted by Gasteiger charge is 2.50. The summed E-state index contributed by atoms with van der Waals surface area (Å²) in [5.74, 6) is -3.92. The van der Waals surface area contributed by atoms with Gasteiger partial charge in [0.25, 0.3) is 0 Å². The molecule has 2 N–H and O–H groups in total. The number of halogens is 2. The van der Waals surface area contributed by atoms with Crippen LogP contribution < -0.4 is 5.73 Å². The molecule has 0 radical (unpaired) electrons. The minimum Gasteiger partial charge on any atom is -0.369 e. The Morgan fingerprint density at radius 2 is 2.20 bits per heavy atom. The molecule has 2 unspecified atom stereocenters. The predicted octanol–water partition coefficient (Wildman–Crippen LogP) is 2.35. The van der Waals surface area contributed by atoms with Crippen LogP contribution in [0.25, 0.3) is 0 Å². The van der Waals surface area contributed by atoms with E-state index in [0.29, 0.717) is 6.42 Å². The molecule has 1 aliphatic rings. The summed E-state index contributed by atoms with van der Waals surface area (Å²) < 4.78 is 25.4. The molecule has 1 amide bonds. The fourth-order valence-corrected chi connectivity index (χ4v) is 2.32. The van der Waals surface area contributed by atoms with Crippen molar-refractivity contribution in [3.05, 3.63) is 12.7 Å². The second kappa shape index (κ2) is 4.29. The Morgan fingerprint density at radius 1 is 1.67 bits per heavy atom. The zero-order chi connectivity index (χ0) is 11.6. The highest BCUT2D eigenvalue weighted by molar-refractivity contribution is 5.77. The zero-order valence-electron chi connectivity index (χ0n) is 8.88. The molecule has 1 saturated carbocycles. The average molecular weight is 217 g/mol. The molecule has 86 valence electrons. The highest BCUT2D eigenvalue weighted by atomic mass is 19.3. The molecule has 0 aliphatic heterocycles. The van der Waals surface area contributed by atoms with Crippen LogP contribution >= 0.6 is 0 Å². The van der Waals surface area contributed by atoms with Crippen molar-refractivity contribution in [3.63, 3.8) is 0 Å². The maximum Gasteiger partial charge on any atom is 0.248 e. The van der Waals surface area contributed by atoms with Crippen LogP contribution in [0.5, 0.6) is 0 Å². The van der Waals surface area contributed by atoms with E-state index in [4.69, 9.17) is 5.73 Å². The molecule has 0 saturated heterocycles. The monoisotopic (exact) mass is 217 g/mol. The van der Waals surface area contributed by atoms with Gasteiger partial charge in [-0.05, 0) is 18.3 Å². The summed E-state index contributed by atoms with van der Waals surface area (Å²) in [6.07, 6.45) is 1.92. The van der Waals surface area contributed by atoms with Gasteiger partial charge in [0, 0.05) is 18.8 Å². The number of primary amides is 1. The Labute approximate surface area is 88.5 Å². The quantitative estimate of drug-likeness (QED) is 0.706. The number of hydrogen-bond acceptors (Lipinski definition) is 1. The van der Waals surface area contributed by atoms with Gasteiger partial charge in [0.15, 0.2) is 0 Å². The number of amides is 1. The number of carbonyl (C=O) groups excluding carboxylic acids is 1. The van der Waals surface area contributed by atoms with Gasteiger partial charge in [-0.15, -0.1) is 6.58 Å². The number of allylic oxidation sites excluding steroid dienone is 1. The molecule has 0 aromatic carbocycles. The largest absolute Gasteiger partial charge is 0.369 e. The summed E-state index contributed by atoms with van der Waals surface area (Å²) in [6.45, 7) is 5.52. The van der Waals surface area contributed by atoms with Crippen LogP contribution in [0.1, 0.15) is 26.2 Å². The van der Waals surface area contributed by atoms with Crippen LogP contribution in [-0.4, -0.2) is 11.8 Å². The van der Waals surface area contributed by atoms with E-state index in [0.717, 1.165) is 0 Å². The SMILES string of the molecule is C=CC(CC)C(C(N)=O)C1CC(F)(F)C1. The first-order valence-corrected chi connectivity index (χ1v) is 5.21. The van der Waals surface area contributed by atoms with E-state index >= 15 is 0 Å². The third kappa shape index (κ3) is 2.55. The number of nitrogens with two attached hydrogens (primary N) is 1. The Bertz CT molecular complexity index is 257. The van der Waals surface area contributed by atoms with Crippen LogP contribution in [0.3, 0.4) is 0 Å². The van der Waals surface area contributed by atoms with Crippen LogP contribution in [0, 0.1) is 17.8 Å². The first-order valence-electron chi connectivity index (χ1n) is 5.21. The topological polar surface area (TPSA) is 43.1 Å². The van der Waals surface area contributed by atoms with Gasteiger partial charge in [0.05, 0.1) is 0 Å². The maximum atomic E-state index is 12.7. The molecule has 0 aromatic heterocycles. The molecule has 0 aromatic rings. The summed E-state index contributed by atoms with van der Waals surface area (Å²) in [6, 6.07) is 0. The third-order valence-electron chi connectivity index (χ3n) is 3.19. The minimum atomic E-state index is -2.60. The van der Waals surface area contributed by atoms with E-state index in [9.17, 15) is 13.6 Å². The first kappa shape index (κ1) is 12.1. The van der Waals surface area contributed by atoms with E-state index in [1.165, 1.54) is 0 Å². The van der Waals surface area contributed by atoms with Crippen LogP contribution in [0.15, 0.2) is 12.7 Å². The summed E-state index contributed by atoms with van der Waals surface area (Å²) >= 11 is 0. The van der Waals surface area contributed by atoms with E-state index in [-0.39, 0.29) is 24.7 Å². The predicted molar refractivity (Wildman–Crippen MR) is 54.3 cm³/mol. The van der Waals surface area contributed by atoms with Crippen LogP contribution in [0.4, 0.5) is 8.78 Å². The summed E-state index contributed by atoms with van der Waals surface area (Å²) in [4.78, 5) is 11.2. The van der Waals surface area contributed by atoms with Gasteiger partial charge in [-0.1, -0.05) is 13.0 Å². The number of hydrogen-bond donors (Lipinski definition) is 1. The smallest absolute Gasteiger partial charge is 0.248 e. The van der Waals surface area contributed by atoms with Gasteiger partial charge >= 0.3 is 0 Å². The second-order valence-corrected chi connectivity index (χ2v) is 4.26. The van der Waals surface area contributed by atoms with E-state index in [1.807, 2.05) is 6.92 Å². The van der Waals surface area contributed by atoms with Gasteiger partial charge in [-0.25, -0.2) is 8.78 Å². The van der Waals surface area contributed by atoms with Crippen LogP contribution in [-0.2, 0) is 4.79 Å². The van der Waals surface area contributed by atoms with Crippen molar-refractivity contribution in [3.8, 4) is 0 Å². The average Bonchev–Trinajstić information content (AvgIpc) is 2.09. The van der Waals surface area contributed by atoms with Gasteiger partial charge in [-0.2, -0.15) is 0 Å². The summed E-state index contributed by atoms with van der Waals surface area (Å²) in [5, 5.41) is 0. The van der Waals surface area contributed by atoms with Crippen LogP contribution in [0.2, 0.25) is 0 Å². The number of alkyl halides is 2. The molecule has 15 heavy (non-hydrogen) atoms. The fourth-order valence-electron chi connectivity index (χ4n) is 2.32. The molecule has 0 spiro atoms. The Hall–Kier alpha value is -0.930. The van der Waals surface area contributed by atoms with Crippen molar-refractivity contribution in [2.75, 3.05) is 0 Å². The molecule has 0 heterocycles. The standard InChI is InChI=1S/C11H17F2NO/c1-3-7(4-2)9(10(14)15)8-5-11(12,13)6-8/h3,7-9H,1,4-6H2,2H3,(H2,14,15). The highest BCUT2D eigenvalue weighted by Crippen LogP contribution is 2.48. The molecular formula is C11H17F2NO. The summed E-state index contributed by atoms with van der Waals surface area (Å²) in [5.41, 5.74) is 5.26. The van der Waals surface area contributed by atoms with E-state index in [2.05, 4.69) is 6.58 Å². The van der Waals surface area contributed by atoms with Crippen molar-refractivity contribution in [2.45, 2.75) is 32.1 Å². The van der Waals surface area contributed by atoms with Crippen molar-refractivity contribution in [2.24, 2.45) is 23.5 Å². The van der Waals surface area contributed by atoms with Crippen molar-refractivity contribution < 1.29 is 13.6 Å². The van der Waals surface area contributed by atoms with Gasteiger partial charge in [0.2, 0.25) is 11.8 Å². The van der Waals surface area contributed by atoms with Crippen molar-refractivity contribution in [1.29, 1.82) is 0 Å². The Kier molecular flexibility index (Phi) is 3.47.